The molecule has 4 atom stereocenters. The highest BCUT2D eigenvalue weighted by atomic mass is 16.2. The van der Waals surface area contributed by atoms with Crippen molar-refractivity contribution in [2.75, 3.05) is 21.1 Å². The fourth-order valence-corrected chi connectivity index (χ4v) is 7.43. The molecule has 6 rings (SSSR count). The zero-order chi connectivity index (χ0) is 22.6. The topological polar surface area (TPSA) is 78.0 Å². The lowest BCUT2D eigenvalue weighted by Crippen LogP contribution is -2.52. The van der Waals surface area contributed by atoms with E-state index in [0.29, 0.717) is 0 Å². The van der Waals surface area contributed by atoms with E-state index in [9.17, 15) is 19.2 Å². The van der Waals surface area contributed by atoms with Crippen LogP contribution in [0.1, 0.15) is 11.1 Å². The summed E-state index contributed by atoms with van der Waals surface area (Å²) in [5.41, 5.74) is -0.616. The lowest BCUT2D eigenvalue weighted by atomic mass is 9.55. The maximum Gasteiger partial charge on any atom is 0.235 e. The average molecular weight is 429 g/mol. The Morgan fingerprint density at radius 2 is 0.812 bits per heavy atom. The SMILES string of the molecule is CN1C(=O)[C@@H]2[C@H](C1=O)C1(c3ccccc3)[C@H]3C(=O)N(C)C(=O)[C@H]3C2(c2ccccc2)N1C. The number of carbonyl (C=O) groups is 4. The number of imide groups is 2. The molecule has 0 spiro atoms. The van der Waals surface area contributed by atoms with E-state index in [1.54, 1.807) is 0 Å². The molecule has 4 aliphatic heterocycles. The second-order valence-electron chi connectivity index (χ2n) is 9.32. The molecule has 0 radical (unpaired) electrons. The van der Waals surface area contributed by atoms with Gasteiger partial charge in [-0.3, -0.25) is 33.9 Å². The quantitative estimate of drug-likeness (QED) is 0.671. The number of rotatable bonds is 2. The normalized spacial score (nSPS) is 38.1. The summed E-state index contributed by atoms with van der Waals surface area (Å²) in [5.74, 6) is -4.17. The fraction of sp³-hybridized carbons (Fsp3) is 0.360. The first kappa shape index (κ1) is 19.4. The van der Waals surface area contributed by atoms with Gasteiger partial charge in [0.2, 0.25) is 23.6 Å². The molecular weight excluding hydrogens is 406 g/mol. The van der Waals surface area contributed by atoms with Crippen LogP contribution >= 0.6 is 0 Å². The van der Waals surface area contributed by atoms with Crippen molar-refractivity contribution in [3.05, 3.63) is 71.8 Å². The Kier molecular flexibility index (Phi) is 3.59. The molecule has 2 aromatic rings. The van der Waals surface area contributed by atoms with Crippen LogP contribution in [0, 0.1) is 23.7 Å². The van der Waals surface area contributed by atoms with E-state index in [0.717, 1.165) is 11.1 Å². The minimum Gasteiger partial charge on any atom is -0.285 e. The Hall–Kier alpha value is -3.32. The van der Waals surface area contributed by atoms with E-state index < -0.39 is 34.7 Å². The highest BCUT2D eigenvalue weighted by Crippen LogP contribution is 2.75. The van der Waals surface area contributed by atoms with Crippen LogP contribution in [0.2, 0.25) is 0 Å². The first-order valence-electron chi connectivity index (χ1n) is 10.8. The molecular formula is C25H23N3O4. The number of carbonyl (C=O) groups excluding carboxylic acids is 4. The van der Waals surface area contributed by atoms with E-state index in [2.05, 4.69) is 0 Å². The van der Waals surface area contributed by atoms with Crippen LogP contribution in [0.5, 0.6) is 0 Å². The Bertz CT molecular complexity index is 1060. The predicted molar refractivity (Wildman–Crippen MR) is 114 cm³/mol. The third-order valence-corrected chi connectivity index (χ3v) is 8.53. The summed E-state index contributed by atoms with van der Waals surface area (Å²) in [6.45, 7) is 0. The van der Waals surface area contributed by atoms with E-state index in [-0.39, 0.29) is 23.6 Å². The second kappa shape index (κ2) is 5.92. The number of amides is 4. The van der Waals surface area contributed by atoms with Gasteiger partial charge in [-0.2, -0.15) is 0 Å². The molecule has 2 aromatic carbocycles. The molecule has 0 aliphatic carbocycles. The van der Waals surface area contributed by atoms with Crippen LogP contribution in [0.3, 0.4) is 0 Å². The number of nitrogens with zero attached hydrogens (tertiary/aromatic N) is 3. The molecule has 7 heteroatoms. The van der Waals surface area contributed by atoms with Gasteiger partial charge in [0, 0.05) is 14.1 Å². The van der Waals surface area contributed by atoms with Crippen molar-refractivity contribution < 1.29 is 19.2 Å². The van der Waals surface area contributed by atoms with Crippen LogP contribution in [0.15, 0.2) is 60.7 Å². The molecule has 0 N–H and O–H groups in total. The van der Waals surface area contributed by atoms with E-state index in [1.165, 1.54) is 23.9 Å². The number of benzene rings is 2. The number of hydrogen-bond donors (Lipinski definition) is 0. The lowest BCUT2D eigenvalue weighted by molar-refractivity contribution is -0.144. The van der Waals surface area contributed by atoms with Crippen LogP contribution < -0.4 is 0 Å². The van der Waals surface area contributed by atoms with Crippen molar-refractivity contribution >= 4 is 23.6 Å². The molecule has 0 unspecified atom stereocenters. The number of likely N-dealkylation sites (tertiary alicyclic amines) is 2. The smallest absolute Gasteiger partial charge is 0.235 e. The Morgan fingerprint density at radius 3 is 1.09 bits per heavy atom. The molecule has 4 aliphatic rings. The summed E-state index contributed by atoms with van der Waals surface area (Å²) in [6, 6.07) is 18.9. The van der Waals surface area contributed by atoms with Gasteiger partial charge in [-0.1, -0.05) is 60.7 Å². The van der Waals surface area contributed by atoms with Gasteiger partial charge in [-0.15, -0.1) is 0 Å². The zero-order valence-corrected chi connectivity index (χ0v) is 18.1. The summed E-state index contributed by atoms with van der Waals surface area (Å²) in [6.07, 6.45) is 0. The third kappa shape index (κ3) is 1.74. The molecule has 0 saturated carbocycles. The zero-order valence-electron chi connectivity index (χ0n) is 18.1. The predicted octanol–water partition coefficient (Wildman–Crippen LogP) is 1.20. The summed E-state index contributed by atoms with van der Waals surface area (Å²) in [5, 5.41) is 0. The Morgan fingerprint density at radius 1 is 0.531 bits per heavy atom. The molecule has 4 heterocycles. The van der Waals surface area contributed by atoms with Crippen LogP contribution in [0.4, 0.5) is 0 Å². The molecule has 2 bridgehead atoms. The van der Waals surface area contributed by atoms with Crippen LogP contribution in [-0.4, -0.2) is 59.5 Å². The maximum atomic E-state index is 13.6. The van der Waals surface area contributed by atoms with Crippen molar-refractivity contribution in [3.63, 3.8) is 0 Å². The van der Waals surface area contributed by atoms with E-state index in [4.69, 9.17) is 0 Å². The van der Waals surface area contributed by atoms with E-state index in [1.807, 2.05) is 72.6 Å². The lowest BCUT2D eigenvalue weighted by Gasteiger charge is -2.42. The Labute approximate surface area is 185 Å². The van der Waals surface area contributed by atoms with Gasteiger partial charge in [-0.25, -0.2) is 0 Å². The molecule has 0 aromatic heterocycles. The van der Waals surface area contributed by atoms with Crippen molar-refractivity contribution in [3.8, 4) is 0 Å². The fourth-order valence-electron chi connectivity index (χ4n) is 7.43. The van der Waals surface area contributed by atoms with Crippen LogP contribution in [0.25, 0.3) is 0 Å². The van der Waals surface area contributed by atoms with Gasteiger partial charge in [0.15, 0.2) is 0 Å². The van der Waals surface area contributed by atoms with Gasteiger partial charge in [-0.05, 0) is 18.2 Å². The van der Waals surface area contributed by atoms with Gasteiger partial charge in [0.25, 0.3) is 0 Å². The molecule has 4 fully saturated rings. The minimum atomic E-state index is -1.10. The van der Waals surface area contributed by atoms with E-state index >= 15 is 0 Å². The summed E-state index contributed by atoms with van der Waals surface area (Å²) >= 11 is 0. The van der Waals surface area contributed by atoms with Crippen molar-refractivity contribution in [1.82, 2.24) is 14.7 Å². The maximum absolute atomic E-state index is 13.6. The van der Waals surface area contributed by atoms with Gasteiger partial charge < -0.3 is 0 Å². The second-order valence-corrected chi connectivity index (χ2v) is 9.32. The molecule has 7 nitrogen and oxygen atoms in total. The number of hydrogen-bond acceptors (Lipinski definition) is 5. The molecule has 4 saturated heterocycles. The average Bonchev–Trinajstić information content (AvgIpc) is 3.39. The van der Waals surface area contributed by atoms with Crippen molar-refractivity contribution in [1.29, 1.82) is 0 Å². The third-order valence-electron chi connectivity index (χ3n) is 8.53. The summed E-state index contributed by atoms with van der Waals surface area (Å²) in [4.78, 5) is 58.9. The van der Waals surface area contributed by atoms with Crippen LogP contribution in [-0.2, 0) is 30.3 Å². The largest absolute Gasteiger partial charge is 0.285 e. The first-order valence-corrected chi connectivity index (χ1v) is 10.8. The molecule has 32 heavy (non-hydrogen) atoms. The highest BCUT2D eigenvalue weighted by Gasteiger charge is 2.87. The highest BCUT2D eigenvalue weighted by molar-refractivity contribution is 6.13. The minimum absolute atomic E-state index is 0.290. The monoisotopic (exact) mass is 429 g/mol. The van der Waals surface area contributed by atoms with Gasteiger partial charge in [0.1, 0.15) is 0 Å². The Balaban J connectivity index is 1.77. The van der Waals surface area contributed by atoms with Crippen molar-refractivity contribution in [2.45, 2.75) is 11.1 Å². The molecule has 4 amide bonds. The van der Waals surface area contributed by atoms with Crippen molar-refractivity contribution in [2.24, 2.45) is 23.7 Å². The van der Waals surface area contributed by atoms with Gasteiger partial charge >= 0.3 is 0 Å². The number of fused-ring (bicyclic) bond motifs is 8. The van der Waals surface area contributed by atoms with Gasteiger partial charge in [0.05, 0.1) is 34.7 Å². The summed E-state index contributed by atoms with van der Waals surface area (Å²) < 4.78 is 0. The first-order chi connectivity index (χ1) is 15.3. The standard InChI is InChI=1S/C25H23N3O4/c1-26-20(29)16-17(21(26)30)25(15-12-8-5-9-13-15)19-18(22(31)27(2)23(19)32)24(16,28(25)3)14-10-6-4-7-11-14/h4-13,16-19H,1-3H3/t16-,17+,18-,19+,24?,25?. The summed E-state index contributed by atoms with van der Waals surface area (Å²) in [7, 11) is 4.88. The molecule has 162 valence electrons.